The highest BCUT2D eigenvalue weighted by atomic mass is 14.7. The van der Waals surface area contributed by atoms with E-state index in [1.807, 2.05) is 18.6 Å². The third-order valence-corrected chi connectivity index (χ3v) is 17.9. The third kappa shape index (κ3) is 12.7. The molecule has 9 aromatic carbocycles. The molecule has 0 saturated heterocycles. The number of hydrogen-bond acceptors (Lipinski definition) is 3. The van der Waals surface area contributed by atoms with Crippen molar-refractivity contribution in [1.29, 1.82) is 0 Å². The van der Waals surface area contributed by atoms with Crippen LogP contribution < -0.4 is 0 Å². The molecule has 0 saturated carbocycles. The fraction of sp³-hybridized carbons (Fsp3) is 0.148. The molecule has 12 aromatic rings. The van der Waals surface area contributed by atoms with Crippen molar-refractivity contribution in [2.75, 3.05) is 0 Å². The monoisotopic (exact) mass is 1180 g/mol. The summed E-state index contributed by atoms with van der Waals surface area (Å²) >= 11 is 0. The molecule has 0 bridgehead atoms. The zero-order valence-corrected chi connectivity index (χ0v) is 53.8. The van der Waals surface area contributed by atoms with Gasteiger partial charge in [-0.15, -0.1) is 0 Å². The van der Waals surface area contributed by atoms with Gasteiger partial charge in [0.15, 0.2) is 0 Å². The quantitative estimate of drug-likeness (QED) is 0.122. The van der Waals surface area contributed by atoms with Crippen LogP contribution in [0, 0.1) is 0 Å². The molecule has 3 heteroatoms. The number of hydrogen-bond donors (Lipinski definition) is 0. The smallest absolute Gasteiger partial charge is 0.0705 e. The van der Waals surface area contributed by atoms with Gasteiger partial charge in [-0.25, -0.2) is 0 Å². The van der Waals surface area contributed by atoms with Crippen molar-refractivity contribution in [3.63, 3.8) is 0 Å². The fourth-order valence-electron chi connectivity index (χ4n) is 12.8. The van der Waals surface area contributed by atoms with E-state index in [0.717, 1.165) is 117 Å². The molecular formula is C88H77N3. The van der Waals surface area contributed by atoms with Crippen LogP contribution in [0.3, 0.4) is 0 Å². The first-order valence-corrected chi connectivity index (χ1v) is 31.9. The highest BCUT2D eigenvalue weighted by Gasteiger charge is 2.24. The summed E-state index contributed by atoms with van der Waals surface area (Å²) in [6.07, 6.45) is 13.9. The minimum Gasteiger partial charge on any atom is -0.256 e. The van der Waals surface area contributed by atoms with Crippen LogP contribution in [0.1, 0.15) is 102 Å². The van der Waals surface area contributed by atoms with Crippen LogP contribution in [0.2, 0.25) is 0 Å². The highest BCUT2D eigenvalue weighted by Crippen LogP contribution is 2.47. The molecule has 3 nitrogen and oxygen atoms in total. The zero-order chi connectivity index (χ0) is 62.9. The fourth-order valence-corrected chi connectivity index (χ4v) is 12.8. The number of rotatable bonds is 12. The predicted molar refractivity (Wildman–Crippen MR) is 386 cm³/mol. The van der Waals surface area contributed by atoms with E-state index in [1.165, 1.54) is 33.4 Å². The van der Waals surface area contributed by atoms with Gasteiger partial charge in [-0.1, -0.05) is 275 Å². The largest absolute Gasteiger partial charge is 0.256 e. The Balaban J connectivity index is 1.01. The van der Waals surface area contributed by atoms with E-state index in [2.05, 4.69) is 335 Å². The van der Waals surface area contributed by atoms with Crippen molar-refractivity contribution in [3.8, 4) is 101 Å². The van der Waals surface area contributed by atoms with Crippen LogP contribution in [-0.2, 0) is 16.2 Å². The summed E-state index contributed by atoms with van der Waals surface area (Å²) in [4.78, 5) is 14.9. The normalized spacial score (nSPS) is 12.8. The second-order valence-electron chi connectivity index (χ2n) is 27.2. The van der Waals surface area contributed by atoms with Crippen LogP contribution in [0.4, 0.5) is 0 Å². The van der Waals surface area contributed by atoms with Gasteiger partial charge < -0.3 is 0 Å². The zero-order valence-electron chi connectivity index (χ0n) is 53.8. The Hall–Kier alpha value is -10.4. The molecule has 0 spiro atoms. The van der Waals surface area contributed by atoms with Crippen molar-refractivity contribution >= 4 is 16.7 Å². The molecule has 444 valence electrons. The first-order valence-electron chi connectivity index (χ1n) is 31.9. The van der Waals surface area contributed by atoms with Crippen LogP contribution in [0.5, 0.6) is 0 Å². The highest BCUT2D eigenvalue weighted by molar-refractivity contribution is 6.04. The maximum absolute atomic E-state index is 4.97. The standard InChI is InChI=1S/C88H77N3/c1-86(2,3)68-45-48-89-83(56-68)64-39-42-77(80(53-64)59-25-13-10-14-26-59)74-34-22-19-31-71(74)62-37-38-63(72-32-20-23-35-75(72)78-43-40-65(54-81(78)60-27-15-11-16-28-60)84-57-69(46-49-90-84)87(4,5)6)52-67(51-62)73-33-21-24-36-76(73)79-44-41-66(55-82(79)61-29-17-12-18-30-61)85-58-70(47-50-91-85)88(7,8)9/h10-37,39-58H,38H2,1-9H3. The van der Waals surface area contributed by atoms with Gasteiger partial charge in [-0.2, -0.15) is 0 Å². The molecule has 91 heavy (non-hydrogen) atoms. The van der Waals surface area contributed by atoms with E-state index >= 15 is 0 Å². The molecule has 0 radical (unpaired) electrons. The number of benzene rings is 9. The van der Waals surface area contributed by atoms with Crippen molar-refractivity contribution in [2.45, 2.75) is 85.0 Å². The molecule has 1 aliphatic rings. The van der Waals surface area contributed by atoms with E-state index in [1.54, 1.807) is 0 Å². The summed E-state index contributed by atoms with van der Waals surface area (Å²) in [5, 5.41) is 0. The van der Waals surface area contributed by atoms with Gasteiger partial charge in [-0.3, -0.25) is 15.0 Å². The van der Waals surface area contributed by atoms with Crippen molar-refractivity contribution in [2.24, 2.45) is 0 Å². The van der Waals surface area contributed by atoms with E-state index < -0.39 is 0 Å². The van der Waals surface area contributed by atoms with E-state index in [4.69, 9.17) is 15.0 Å². The second kappa shape index (κ2) is 24.9. The lowest BCUT2D eigenvalue weighted by Gasteiger charge is -2.20. The lowest BCUT2D eigenvalue weighted by Crippen LogP contribution is -2.11. The Bertz CT molecular complexity index is 4750. The first-order chi connectivity index (χ1) is 44.0. The Morgan fingerprint density at radius 2 is 0.538 bits per heavy atom. The Kier molecular flexibility index (Phi) is 16.3. The lowest BCUT2D eigenvalue weighted by atomic mass is 9.84. The minimum absolute atomic E-state index is 0.0186. The van der Waals surface area contributed by atoms with Crippen molar-refractivity contribution < 1.29 is 0 Å². The summed E-state index contributed by atoms with van der Waals surface area (Å²) in [7, 11) is 0. The van der Waals surface area contributed by atoms with E-state index in [9.17, 15) is 0 Å². The molecule has 3 aromatic heterocycles. The summed E-state index contributed by atoms with van der Waals surface area (Å²) in [6.45, 7) is 20.4. The number of allylic oxidation sites excluding steroid dienone is 6. The maximum atomic E-state index is 4.97. The number of nitrogens with zero attached hydrogens (tertiary/aromatic N) is 3. The molecule has 0 atom stereocenters. The predicted octanol–water partition coefficient (Wildman–Crippen LogP) is 23.7. The van der Waals surface area contributed by atoms with Crippen LogP contribution in [-0.4, -0.2) is 15.0 Å². The topological polar surface area (TPSA) is 38.7 Å². The van der Waals surface area contributed by atoms with Crippen LogP contribution in [0.15, 0.2) is 292 Å². The molecule has 3 heterocycles. The van der Waals surface area contributed by atoms with Crippen molar-refractivity contribution in [1.82, 2.24) is 15.0 Å². The van der Waals surface area contributed by atoms with Gasteiger partial charge in [0.2, 0.25) is 0 Å². The SMILES string of the molecule is CC(C)(C)c1ccnc(-c2ccc(-c3ccccc3C3=CCC(c4ccccc4-c4ccc(-c5cc(C(C)(C)C)ccn5)cc4-c4ccccc4)=CC(c4ccccc4-c4ccc(-c5cc(C(C)(C)C)ccn5)cc4-c4ccccc4)=C3)c(-c3ccccc3)c2)c1. The van der Waals surface area contributed by atoms with Gasteiger partial charge in [0.1, 0.15) is 0 Å². The Morgan fingerprint density at radius 3 is 0.890 bits per heavy atom. The van der Waals surface area contributed by atoms with Gasteiger partial charge >= 0.3 is 0 Å². The lowest BCUT2D eigenvalue weighted by molar-refractivity contribution is 0.589. The summed E-state index contributed by atoms with van der Waals surface area (Å²) < 4.78 is 0. The average molecular weight is 1180 g/mol. The summed E-state index contributed by atoms with van der Waals surface area (Å²) in [5.41, 5.74) is 30.6. The molecule has 0 N–H and O–H groups in total. The third-order valence-electron chi connectivity index (χ3n) is 17.9. The molecule has 0 fully saturated rings. The number of pyridine rings is 3. The van der Waals surface area contributed by atoms with Crippen LogP contribution >= 0.6 is 0 Å². The number of aromatic nitrogens is 3. The first kappa shape index (κ1) is 59.6. The van der Waals surface area contributed by atoms with E-state index in [-0.39, 0.29) is 16.2 Å². The average Bonchev–Trinajstić information content (AvgIpc) is 1.77. The van der Waals surface area contributed by atoms with E-state index in [0.29, 0.717) is 6.42 Å². The molecule has 0 unspecified atom stereocenters. The summed E-state index contributed by atoms with van der Waals surface area (Å²) in [6, 6.07) is 93.4. The summed E-state index contributed by atoms with van der Waals surface area (Å²) in [5.74, 6) is 0. The molecule has 13 rings (SSSR count). The molecular weight excluding hydrogens is 1100 g/mol. The Morgan fingerprint density at radius 1 is 0.242 bits per heavy atom. The van der Waals surface area contributed by atoms with Gasteiger partial charge in [-0.05, 0) is 200 Å². The van der Waals surface area contributed by atoms with Crippen molar-refractivity contribution in [3.05, 3.63) is 325 Å². The second-order valence-corrected chi connectivity index (χ2v) is 27.2. The van der Waals surface area contributed by atoms with Crippen LogP contribution in [0.25, 0.3) is 117 Å². The molecule has 0 amide bonds. The van der Waals surface area contributed by atoms with Gasteiger partial charge in [0.25, 0.3) is 0 Å². The Labute approximate surface area is 539 Å². The molecule has 1 aliphatic carbocycles. The molecule has 0 aliphatic heterocycles. The maximum Gasteiger partial charge on any atom is 0.0705 e. The van der Waals surface area contributed by atoms with Gasteiger partial charge in [0.05, 0.1) is 17.1 Å². The van der Waals surface area contributed by atoms with Gasteiger partial charge in [0, 0.05) is 35.3 Å². The minimum atomic E-state index is -0.0245.